The SMILES string of the molecule is COc1ccc(C#CC(=O)N(Cc2ccccc2)Cc2ccccc2)cc1. The Balaban J connectivity index is 1.78. The Morgan fingerprint density at radius 3 is 1.81 bits per heavy atom. The van der Waals surface area contributed by atoms with Gasteiger partial charge in [-0.25, -0.2) is 0 Å². The maximum atomic E-state index is 12.8. The summed E-state index contributed by atoms with van der Waals surface area (Å²) < 4.78 is 5.14. The summed E-state index contributed by atoms with van der Waals surface area (Å²) in [4.78, 5) is 14.5. The molecule has 0 atom stereocenters. The molecular weight excluding hydrogens is 334 g/mol. The third-order valence-corrected chi connectivity index (χ3v) is 4.12. The van der Waals surface area contributed by atoms with Gasteiger partial charge in [0, 0.05) is 24.6 Å². The number of hydrogen-bond donors (Lipinski definition) is 0. The highest BCUT2D eigenvalue weighted by Crippen LogP contribution is 2.12. The summed E-state index contributed by atoms with van der Waals surface area (Å²) in [6, 6.07) is 27.3. The molecule has 0 aliphatic rings. The number of methoxy groups -OCH3 is 1. The van der Waals surface area contributed by atoms with Crippen molar-refractivity contribution in [1.82, 2.24) is 4.90 Å². The van der Waals surface area contributed by atoms with E-state index in [1.54, 1.807) is 12.0 Å². The summed E-state index contributed by atoms with van der Waals surface area (Å²) in [6.07, 6.45) is 0. The van der Waals surface area contributed by atoms with Gasteiger partial charge in [0.15, 0.2) is 0 Å². The van der Waals surface area contributed by atoms with Crippen LogP contribution in [0.2, 0.25) is 0 Å². The third kappa shape index (κ3) is 5.49. The van der Waals surface area contributed by atoms with Crippen LogP contribution < -0.4 is 4.74 Å². The molecular formula is C24H21NO2. The van der Waals surface area contributed by atoms with Crippen LogP contribution >= 0.6 is 0 Å². The summed E-state index contributed by atoms with van der Waals surface area (Å²) in [7, 11) is 1.62. The summed E-state index contributed by atoms with van der Waals surface area (Å²) >= 11 is 0. The van der Waals surface area contributed by atoms with Crippen molar-refractivity contribution >= 4 is 5.91 Å². The quantitative estimate of drug-likeness (QED) is 0.640. The minimum atomic E-state index is -0.196. The predicted octanol–water partition coefficient (Wildman–Crippen LogP) is 4.28. The highest BCUT2D eigenvalue weighted by atomic mass is 16.5. The molecule has 3 heteroatoms. The van der Waals surface area contributed by atoms with Gasteiger partial charge >= 0.3 is 0 Å². The molecule has 0 aliphatic heterocycles. The molecule has 0 radical (unpaired) electrons. The number of ether oxygens (including phenoxy) is 1. The molecule has 3 nitrogen and oxygen atoms in total. The van der Waals surface area contributed by atoms with Gasteiger partial charge in [-0.1, -0.05) is 66.6 Å². The van der Waals surface area contributed by atoms with E-state index in [-0.39, 0.29) is 5.91 Å². The Morgan fingerprint density at radius 2 is 1.33 bits per heavy atom. The van der Waals surface area contributed by atoms with Crippen LogP contribution in [-0.4, -0.2) is 17.9 Å². The van der Waals surface area contributed by atoms with Gasteiger partial charge in [0.2, 0.25) is 0 Å². The number of hydrogen-bond acceptors (Lipinski definition) is 2. The van der Waals surface area contributed by atoms with Crippen molar-refractivity contribution < 1.29 is 9.53 Å². The van der Waals surface area contributed by atoms with E-state index < -0.39 is 0 Å². The fraction of sp³-hybridized carbons (Fsp3) is 0.125. The second-order valence-electron chi connectivity index (χ2n) is 6.11. The van der Waals surface area contributed by atoms with Crippen molar-refractivity contribution in [2.75, 3.05) is 7.11 Å². The summed E-state index contributed by atoms with van der Waals surface area (Å²) in [5, 5.41) is 0. The number of carbonyl (C=O) groups is 1. The van der Waals surface area contributed by atoms with E-state index in [1.165, 1.54) is 0 Å². The van der Waals surface area contributed by atoms with Crippen LogP contribution in [0.3, 0.4) is 0 Å². The predicted molar refractivity (Wildman–Crippen MR) is 107 cm³/mol. The van der Waals surface area contributed by atoms with E-state index in [0.717, 1.165) is 22.4 Å². The second-order valence-corrected chi connectivity index (χ2v) is 6.11. The molecule has 0 unspecified atom stereocenters. The van der Waals surface area contributed by atoms with Crippen LogP contribution in [0, 0.1) is 11.8 Å². The summed E-state index contributed by atoms with van der Waals surface area (Å²) in [5.74, 6) is 6.29. The third-order valence-electron chi connectivity index (χ3n) is 4.12. The Kier molecular flexibility index (Phi) is 6.27. The van der Waals surface area contributed by atoms with Crippen molar-refractivity contribution in [3.8, 4) is 17.6 Å². The molecule has 0 N–H and O–H groups in total. The first-order valence-corrected chi connectivity index (χ1v) is 8.77. The zero-order chi connectivity index (χ0) is 18.9. The van der Waals surface area contributed by atoms with Gasteiger partial charge in [0.1, 0.15) is 5.75 Å². The van der Waals surface area contributed by atoms with E-state index in [1.807, 2.05) is 84.9 Å². The van der Waals surface area contributed by atoms with E-state index in [2.05, 4.69) is 11.8 Å². The van der Waals surface area contributed by atoms with Gasteiger partial charge in [0.05, 0.1) is 7.11 Å². The molecule has 3 aromatic carbocycles. The fourth-order valence-corrected chi connectivity index (χ4v) is 2.69. The lowest BCUT2D eigenvalue weighted by molar-refractivity contribution is -0.126. The lowest BCUT2D eigenvalue weighted by Crippen LogP contribution is -2.28. The van der Waals surface area contributed by atoms with Crippen LogP contribution in [0.15, 0.2) is 84.9 Å². The van der Waals surface area contributed by atoms with E-state index in [9.17, 15) is 4.79 Å². The van der Waals surface area contributed by atoms with Gasteiger partial charge in [-0.15, -0.1) is 0 Å². The summed E-state index contributed by atoms with van der Waals surface area (Å²) in [6.45, 7) is 1.04. The molecule has 0 heterocycles. The number of rotatable bonds is 5. The topological polar surface area (TPSA) is 29.5 Å². The highest BCUT2D eigenvalue weighted by Gasteiger charge is 2.12. The molecule has 0 aliphatic carbocycles. The molecule has 1 amide bonds. The summed E-state index contributed by atoms with van der Waals surface area (Å²) in [5.41, 5.74) is 2.93. The van der Waals surface area contributed by atoms with Crippen LogP contribution in [0.1, 0.15) is 16.7 Å². The fourth-order valence-electron chi connectivity index (χ4n) is 2.69. The van der Waals surface area contributed by atoms with Gasteiger partial charge < -0.3 is 9.64 Å². The standard InChI is InChI=1S/C24H21NO2/c1-27-23-15-12-20(13-16-23)14-17-24(26)25(18-21-8-4-2-5-9-21)19-22-10-6-3-7-11-22/h2-13,15-16H,18-19H2,1H3. The molecule has 0 saturated carbocycles. The Morgan fingerprint density at radius 1 is 0.815 bits per heavy atom. The highest BCUT2D eigenvalue weighted by molar-refractivity contribution is 5.94. The molecule has 0 bridgehead atoms. The van der Waals surface area contributed by atoms with E-state index >= 15 is 0 Å². The van der Waals surface area contributed by atoms with Gasteiger partial charge in [0.25, 0.3) is 5.91 Å². The number of benzene rings is 3. The average Bonchev–Trinajstić information content (AvgIpc) is 2.73. The molecule has 0 spiro atoms. The van der Waals surface area contributed by atoms with Crippen molar-refractivity contribution in [3.05, 3.63) is 102 Å². The largest absolute Gasteiger partial charge is 0.497 e. The van der Waals surface area contributed by atoms with Crippen molar-refractivity contribution in [2.45, 2.75) is 13.1 Å². The molecule has 134 valence electrons. The Hall–Kier alpha value is -3.51. The van der Waals surface area contributed by atoms with Crippen LogP contribution in [0.25, 0.3) is 0 Å². The first-order valence-electron chi connectivity index (χ1n) is 8.77. The normalized spacial score (nSPS) is 9.81. The first kappa shape index (κ1) is 18.3. The molecule has 0 saturated heterocycles. The van der Waals surface area contributed by atoms with Gasteiger partial charge in [-0.3, -0.25) is 4.79 Å². The Bertz CT molecular complexity index is 881. The van der Waals surface area contributed by atoms with Crippen molar-refractivity contribution in [3.63, 3.8) is 0 Å². The maximum absolute atomic E-state index is 12.8. The molecule has 3 aromatic rings. The lowest BCUT2D eigenvalue weighted by Gasteiger charge is -2.20. The van der Waals surface area contributed by atoms with Crippen LogP contribution in [-0.2, 0) is 17.9 Å². The van der Waals surface area contributed by atoms with Gasteiger partial charge in [-0.05, 0) is 35.4 Å². The zero-order valence-electron chi connectivity index (χ0n) is 15.3. The smallest absolute Gasteiger partial charge is 0.299 e. The maximum Gasteiger partial charge on any atom is 0.299 e. The molecule has 0 fully saturated rings. The lowest BCUT2D eigenvalue weighted by atomic mass is 10.1. The minimum absolute atomic E-state index is 0.196. The average molecular weight is 355 g/mol. The number of carbonyl (C=O) groups excluding carboxylic acids is 1. The zero-order valence-corrected chi connectivity index (χ0v) is 15.3. The van der Waals surface area contributed by atoms with E-state index in [0.29, 0.717) is 13.1 Å². The van der Waals surface area contributed by atoms with Crippen LogP contribution in [0.5, 0.6) is 5.75 Å². The van der Waals surface area contributed by atoms with Crippen LogP contribution in [0.4, 0.5) is 0 Å². The molecule has 3 rings (SSSR count). The molecule has 27 heavy (non-hydrogen) atoms. The minimum Gasteiger partial charge on any atom is -0.497 e. The van der Waals surface area contributed by atoms with Gasteiger partial charge in [-0.2, -0.15) is 0 Å². The van der Waals surface area contributed by atoms with Crippen molar-refractivity contribution in [2.24, 2.45) is 0 Å². The van der Waals surface area contributed by atoms with Crippen molar-refractivity contribution in [1.29, 1.82) is 0 Å². The van der Waals surface area contributed by atoms with E-state index in [4.69, 9.17) is 4.74 Å². The first-order chi connectivity index (χ1) is 13.2. The monoisotopic (exact) mass is 355 g/mol. The number of nitrogens with zero attached hydrogens (tertiary/aromatic N) is 1. The second kappa shape index (κ2) is 9.26. The Labute approximate surface area is 160 Å². The molecule has 0 aromatic heterocycles. The number of amides is 1.